The van der Waals surface area contributed by atoms with E-state index >= 15 is 0 Å². The molecule has 268 valence electrons. The number of hydrogen-bond donors (Lipinski definition) is 2. The maximum atomic E-state index is 14.7. The minimum Gasteiger partial charge on any atom is -0.455 e. The molecule has 3 amide bonds. The lowest BCUT2D eigenvalue weighted by Crippen LogP contribution is -2.56. The summed E-state index contributed by atoms with van der Waals surface area (Å²) in [6, 6.07) is 17.5. The van der Waals surface area contributed by atoms with Gasteiger partial charge in [-0.2, -0.15) is 0 Å². The number of fused-ring (bicyclic) bond motifs is 1. The van der Waals surface area contributed by atoms with Crippen LogP contribution in [0.2, 0.25) is 0 Å². The first-order valence-electron chi connectivity index (χ1n) is 17.9. The van der Waals surface area contributed by atoms with Gasteiger partial charge in [-0.15, -0.1) is 13.2 Å². The van der Waals surface area contributed by atoms with Crippen molar-refractivity contribution in [3.63, 3.8) is 0 Å². The van der Waals surface area contributed by atoms with E-state index in [0.29, 0.717) is 50.8 Å². The van der Waals surface area contributed by atoms with Crippen molar-refractivity contribution < 1.29 is 33.8 Å². The number of rotatable bonds is 19. The first-order valence-corrected chi connectivity index (χ1v) is 17.9. The average Bonchev–Trinajstić information content (AvgIpc) is 3.77. The van der Waals surface area contributed by atoms with Crippen molar-refractivity contribution in [2.75, 3.05) is 19.7 Å². The normalized spacial score (nSPS) is 24.7. The Kier molecular flexibility index (Phi) is 12.6. The van der Waals surface area contributed by atoms with Gasteiger partial charge < -0.3 is 29.7 Å². The topological polar surface area (TPSA) is 125 Å². The number of carbonyl (C=O) groups excluding carboxylic acids is 4. The van der Waals surface area contributed by atoms with Crippen LogP contribution in [0.15, 0.2) is 86.0 Å². The van der Waals surface area contributed by atoms with E-state index in [4.69, 9.17) is 9.47 Å². The fourth-order valence-electron chi connectivity index (χ4n) is 7.99. The standard InChI is InChI=1S/C40H51N3O7/c1-4-6-21-32(45)41-28(3)35(30-19-13-10-14-20-30)49-39(48)33-31-22-23-40(50-31)34(33)37(46)43(25-15-7-8-16-26-44)36(40)38(47)42(24-5-2)27-29-17-11-9-12-18-29/h4-5,9-14,17-20,28,31,33-36,44H,1-2,6-8,15-16,21-27H2,3H3,(H,41,45)/t28-,31-,33+,34+,35-,36-,40+/m1/s1. The molecule has 50 heavy (non-hydrogen) atoms. The number of nitrogens with one attached hydrogen (secondary N) is 1. The highest BCUT2D eigenvalue weighted by Gasteiger charge is 2.75. The zero-order chi connectivity index (χ0) is 35.7. The van der Waals surface area contributed by atoms with Gasteiger partial charge in [0.25, 0.3) is 0 Å². The number of aliphatic hydroxyl groups excluding tert-OH is 1. The number of benzene rings is 2. The van der Waals surface area contributed by atoms with Gasteiger partial charge in [0.05, 0.1) is 24.0 Å². The number of carbonyl (C=O) groups is 4. The van der Waals surface area contributed by atoms with Gasteiger partial charge in [-0.05, 0) is 50.2 Å². The van der Waals surface area contributed by atoms with E-state index in [-0.39, 0.29) is 37.3 Å². The molecule has 3 fully saturated rings. The van der Waals surface area contributed by atoms with E-state index in [1.54, 1.807) is 28.9 Å². The molecule has 0 aliphatic carbocycles. The van der Waals surface area contributed by atoms with Gasteiger partial charge in [0.1, 0.15) is 17.7 Å². The van der Waals surface area contributed by atoms with Crippen molar-refractivity contribution in [3.8, 4) is 0 Å². The molecule has 2 aromatic carbocycles. The predicted octanol–water partition coefficient (Wildman–Crippen LogP) is 4.88. The Morgan fingerprint density at radius 1 is 1.06 bits per heavy atom. The molecule has 3 aliphatic rings. The molecule has 3 aliphatic heterocycles. The Morgan fingerprint density at radius 2 is 1.76 bits per heavy atom. The first kappa shape index (κ1) is 37.0. The van der Waals surface area contributed by atoms with E-state index in [0.717, 1.165) is 18.4 Å². The molecule has 3 heterocycles. The molecule has 0 saturated carbocycles. The molecule has 1 spiro atoms. The van der Waals surface area contributed by atoms with E-state index in [9.17, 15) is 24.3 Å². The fourth-order valence-corrected chi connectivity index (χ4v) is 7.99. The lowest BCUT2D eigenvalue weighted by atomic mass is 9.70. The molecular formula is C40H51N3O7. The van der Waals surface area contributed by atoms with Crippen molar-refractivity contribution >= 4 is 23.7 Å². The number of unbranched alkanes of at least 4 members (excludes halogenated alkanes) is 3. The molecule has 0 radical (unpaired) electrons. The Bertz CT molecular complexity index is 1500. The van der Waals surface area contributed by atoms with Crippen LogP contribution in [0.4, 0.5) is 0 Å². The van der Waals surface area contributed by atoms with Crippen LogP contribution in [-0.4, -0.2) is 82.1 Å². The second-order valence-corrected chi connectivity index (χ2v) is 13.7. The summed E-state index contributed by atoms with van der Waals surface area (Å²) in [6.07, 6.45) is 6.66. The highest BCUT2D eigenvalue weighted by molar-refractivity contribution is 5.98. The van der Waals surface area contributed by atoms with Gasteiger partial charge in [-0.25, -0.2) is 0 Å². The lowest BCUT2D eigenvalue weighted by Gasteiger charge is -2.37. The maximum Gasteiger partial charge on any atom is 0.313 e. The zero-order valence-electron chi connectivity index (χ0n) is 29.1. The molecule has 7 atom stereocenters. The molecule has 3 saturated heterocycles. The fraction of sp³-hybridized carbons (Fsp3) is 0.500. The molecule has 0 unspecified atom stereocenters. The van der Waals surface area contributed by atoms with Gasteiger partial charge >= 0.3 is 5.97 Å². The Hall–Kier alpha value is -4.28. The molecule has 10 heteroatoms. The number of allylic oxidation sites excluding steroid dienone is 1. The third kappa shape index (κ3) is 7.87. The largest absolute Gasteiger partial charge is 0.455 e. The van der Waals surface area contributed by atoms with Crippen LogP contribution in [0.1, 0.15) is 75.5 Å². The summed E-state index contributed by atoms with van der Waals surface area (Å²) in [7, 11) is 0. The molecule has 2 aromatic rings. The maximum absolute atomic E-state index is 14.7. The van der Waals surface area contributed by atoms with Crippen molar-refractivity contribution in [1.29, 1.82) is 0 Å². The first-order chi connectivity index (χ1) is 24.2. The number of nitrogens with zero attached hydrogens (tertiary/aromatic N) is 2. The number of aliphatic hydroxyl groups is 1. The number of amides is 3. The highest BCUT2D eigenvalue weighted by Crippen LogP contribution is 2.59. The summed E-state index contributed by atoms with van der Waals surface area (Å²) in [6.45, 7) is 10.4. The van der Waals surface area contributed by atoms with Crippen molar-refractivity contribution in [1.82, 2.24) is 15.1 Å². The summed E-state index contributed by atoms with van der Waals surface area (Å²) < 4.78 is 12.9. The minimum atomic E-state index is -1.17. The summed E-state index contributed by atoms with van der Waals surface area (Å²) in [4.78, 5) is 59.6. The zero-order valence-corrected chi connectivity index (χ0v) is 29.1. The van der Waals surface area contributed by atoms with E-state index in [1.807, 2.05) is 60.7 Å². The number of ether oxygens (including phenoxy) is 2. The number of likely N-dealkylation sites (tertiary alicyclic amines) is 1. The van der Waals surface area contributed by atoms with Crippen molar-refractivity contribution in [2.45, 2.75) is 94.7 Å². The summed E-state index contributed by atoms with van der Waals surface area (Å²) in [5.74, 6) is -3.03. The monoisotopic (exact) mass is 685 g/mol. The molecule has 2 bridgehead atoms. The Labute approximate surface area is 295 Å². The van der Waals surface area contributed by atoms with Gasteiger partial charge in [-0.3, -0.25) is 19.2 Å². The van der Waals surface area contributed by atoms with E-state index in [1.165, 1.54) is 0 Å². The van der Waals surface area contributed by atoms with Gasteiger partial charge in [0.15, 0.2) is 0 Å². The number of hydrogen-bond acceptors (Lipinski definition) is 7. The highest BCUT2D eigenvalue weighted by atomic mass is 16.6. The Morgan fingerprint density at radius 3 is 2.44 bits per heavy atom. The smallest absolute Gasteiger partial charge is 0.313 e. The third-order valence-corrected chi connectivity index (χ3v) is 10.3. The van der Waals surface area contributed by atoms with Crippen molar-refractivity contribution in [2.24, 2.45) is 11.8 Å². The quantitative estimate of drug-likeness (QED) is 0.123. The number of esters is 1. The van der Waals surface area contributed by atoms with Crippen LogP contribution in [-0.2, 0) is 35.2 Å². The molecule has 0 aromatic heterocycles. The summed E-state index contributed by atoms with van der Waals surface area (Å²) in [5.41, 5.74) is 0.496. The summed E-state index contributed by atoms with van der Waals surface area (Å²) in [5, 5.41) is 12.2. The van der Waals surface area contributed by atoms with Crippen LogP contribution in [0.25, 0.3) is 0 Å². The van der Waals surface area contributed by atoms with Crippen LogP contribution < -0.4 is 5.32 Å². The lowest BCUT2D eigenvalue weighted by molar-refractivity contribution is -0.162. The summed E-state index contributed by atoms with van der Waals surface area (Å²) >= 11 is 0. The van der Waals surface area contributed by atoms with Crippen LogP contribution in [0.5, 0.6) is 0 Å². The minimum absolute atomic E-state index is 0.102. The molecule has 2 N–H and O–H groups in total. The Balaban J connectivity index is 1.43. The van der Waals surface area contributed by atoms with Crippen LogP contribution in [0, 0.1) is 11.8 Å². The van der Waals surface area contributed by atoms with Crippen LogP contribution in [0.3, 0.4) is 0 Å². The van der Waals surface area contributed by atoms with Gasteiger partial charge in [-0.1, -0.05) is 85.7 Å². The van der Waals surface area contributed by atoms with E-state index < -0.39 is 47.7 Å². The third-order valence-electron chi connectivity index (χ3n) is 10.3. The average molecular weight is 686 g/mol. The second-order valence-electron chi connectivity index (χ2n) is 13.7. The predicted molar refractivity (Wildman–Crippen MR) is 189 cm³/mol. The second kappa shape index (κ2) is 17.1. The van der Waals surface area contributed by atoms with Crippen molar-refractivity contribution in [3.05, 3.63) is 97.1 Å². The molecule has 5 rings (SSSR count). The van der Waals surface area contributed by atoms with Gasteiger partial charge in [0, 0.05) is 32.7 Å². The molecular weight excluding hydrogens is 634 g/mol. The SMILES string of the molecule is C=CCCC(=O)N[C@H](C)[C@@H](OC(=O)[C@@H]1[C@H]2C(=O)N(CCCCCCO)[C@H](C(=O)N(CC=C)Cc3ccccc3)[C@]23CC[C@H]1O3)c1ccccc1. The molecule has 10 nitrogen and oxygen atoms in total. The van der Waals surface area contributed by atoms with Crippen LogP contribution >= 0.6 is 0 Å². The van der Waals surface area contributed by atoms with E-state index in [2.05, 4.69) is 18.5 Å². The van der Waals surface area contributed by atoms with Gasteiger partial charge in [0.2, 0.25) is 17.7 Å².